The van der Waals surface area contributed by atoms with Crippen molar-refractivity contribution in [1.29, 1.82) is 0 Å². The third-order valence-corrected chi connectivity index (χ3v) is 18.3. The van der Waals surface area contributed by atoms with E-state index in [9.17, 15) is 9.90 Å². The van der Waals surface area contributed by atoms with Crippen molar-refractivity contribution in [3.05, 3.63) is 0 Å². The van der Waals surface area contributed by atoms with E-state index in [1.54, 1.807) is 0 Å². The number of fused-ring (bicyclic) bond motifs is 1. The van der Waals surface area contributed by atoms with Gasteiger partial charge in [0.25, 0.3) is 0 Å². The van der Waals surface area contributed by atoms with Gasteiger partial charge in [-0.15, -0.1) is 0 Å². The molecule has 2 rings (SSSR count). The van der Waals surface area contributed by atoms with Crippen LogP contribution in [0, 0.1) is 17.3 Å². The lowest BCUT2D eigenvalue weighted by Crippen LogP contribution is -2.57. The molecule has 5 atom stereocenters. The number of aliphatic carboxylic acids is 1. The summed E-state index contributed by atoms with van der Waals surface area (Å²) in [7, 11) is -3.69. The molecule has 6 heteroatoms. The molecule has 2 saturated carbocycles. The normalized spacial score (nSPS) is 33.2. The highest BCUT2D eigenvalue weighted by Crippen LogP contribution is 2.54. The van der Waals surface area contributed by atoms with E-state index in [0.717, 1.165) is 43.8 Å². The Kier molecular flexibility index (Phi) is 8.14. The molecule has 0 heterocycles. The number of carboxylic acid groups (broad SMARTS) is 1. The van der Waals surface area contributed by atoms with Crippen molar-refractivity contribution in [2.75, 3.05) is 0 Å². The minimum absolute atomic E-state index is 0.0579. The fraction of sp³-hybridized carbons (Fsp3) is 0.958. The van der Waals surface area contributed by atoms with Crippen LogP contribution in [-0.4, -0.2) is 39.9 Å². The molecule has 176 valence electrons. The molecule has 30 heavy (non-hydrogen) atoms. The Balaban J connectivity index is 2.35. The van der Waals surface area contributed by atoms with Crippen LogP contribution in [0.4, 0.5) is 0 Å². The molecule has 1 N–H and O–H groups in total. The summed E-state index contributed by atoms with van der Waals surface area (Å²) in [6, 6.07) is 3.33. The van der Waals surface area contributed by atoms with Crippen LogP contribution in [0.3, 0.4) is 0 Å². The first-order valence-corrected chi connectivity index (χ1v) is 17.8. The van der Waals surface area contributed by atoms with E-state index >= 15 is 0 Å². The van der Waals surface area contributed by atoms with Gasteiger partial charge in [0.05, 0.1) is 5.41 Å². The average molecular weight is 457 g/mol. The molecule has 0 aromatic carbocycles. The summed E-state index contributed by atoms with van der Waals surface area (Å²) in [4.78, 5) is 12.5. The highest BCUT2D eigenvalue weighted by Gasteiger charge is 2.55. The number of carbonyl (C=O) groups is 1. The quantitative estimate of drug-likeness (QED) is 0.397. The first-order valence-electron chi connectivity index (χ1n) is 12.3. The summed E-state index contributed by atoms with van der Waals surface area (Å²) in [5.41, 5.74) is -0.710. The lowest BCUT2D eigenvalue weighted by Gasteiger charge is -2.54. The highest BCUT2D eigenvalue weighted by molar-refractivity contribution is 6.74. The van der Waals surface area contributed by atoms with Crippen LogP contribution in [0.5, 0.6) is 0 Å². The fourth-order valence-corrected chi connectivity index (χ4v) is 10.0. The molecule has 0 aromatic rings. The maximum absolute atomic E-state index is 12.5. The number of carboxylic acids is 1. The second-order valence-electron chi connectivity index (χ2n) is 11.8. The largest absolute Gasteiger partial charge is 0.481 e. The van der Waals surface area contributed by atoms with Gasteiger partial charge in [0, 0.05) is 12.2 Å². The Hall–Kier alpha value is -0.176. The summed E-state index contributed by atoms with van der Waals surface area (Å²) >= 11 is 0. The molecule has 0 unspecified atom stereocenters. The molecule has 0 amide bonds. The summed E-state index contributed by atoms with van der Waals surface area (Å²) < 4.78 is 13.8. The third kappa shape index (κ3) is 5.07. The van der Waals surface area contributed by atoms with E-state index < -0.39 is 28.0 Å². The van der Waals surface area contributed by atoms with Gasteiger partial charge in [0.15, 0.2) is 16.6 Å². The molecule has 0 saturated heterocycles. The smallest absolute Gasteiger partial charge is 0.309 e. The minimum atomic E-state index is -1.91. The Morgan fingerprint density at radius 1 is 1.07 bits per heavy atom. The second-order valence-corrected chi connectivity index (χ2v) is 21.2. The lowest BCUT2D eigenvalue weighted by atomic mass is 9.56. The van der Waals surface area contributed by atoms with Gasteiger partial charge in [-0.1, -0.05) is 48.0 Å². The van der Waals surface area contributed by atoms with Gasteiger partial charge in [0.2, 0.25) is 0 Å². The van der Waals surface area contributed by atoms with Crippen molar-refractivity contribution in [2.45, 2.75) is 129 Å². The average Bonchev–Trinajstić information content (AvgIpc) is 2.65. The topological polar surface area (TPSA) is 55.8 Å². The van der Waals surface area contributed by atoms with Crippen LogP contribution in [0.25, 0.3) is 0 Å². The second kappa shape index (κ2) is 9.36. The van der Waals surface area contributed by atoms with Crippen LogP contribution in [0.1, 0.15) is 80.6 Å². The zero-order valence-corrected chi connectivity index (χ0v) is 23.1. The molecular formula is C24H48O4Si2. The predicted octanol–water partition coefficient (Wildman–Crippen LogP) is 7.07. The number of rotatable bonds is 8. The summed E-state index contributed by atoms with van der Waals surface area (Å²) in [6.07, 6.45) is 5.01. The summed E-state index contributed by atoms with van der Waals surface area (Å²) in [5, 5.41) is 10.5. The molecule has 2 aliphatic rings. The zero-order valence-electron chi connectivity index (χ0n) is 21.1. The Morgan fingerprint density at radius 3 is 2.10 bits per heavy atom. The SMILES string of the molecule is CC[Si](CC)(CC)O[C@H]1C[C@H]2[C@@H](CCC[C@H]2O[Si](C)(C)C(C)(C)C)[C@](C)(C(=O)O)C1. The summed E-state index contributed by atoms with van der Waals surface area (Å²) in [5.74, 6) is -0.153. The van der Waals surface area contributed by atoms with E-state index in [0.29, 0.717) is 12.3 Å². The first-order chi connectivity index (χ1) is 13.7. The van der Waals surface area contributed by atoms with Gasteiger partial charge in [-0.25, -0.2) is 0 Å². The van der Waals surface area contributed by atoms with Gasteiger partial charge in [-0.05, 0) is 80.7 Å². The third-order valence-electron chi connectivity index (χ3n) is 9.09. The van der Waals surface area contributed by atoms with Gasteiger partial charge in [0.1, 0.15) is 0 Å². The molecule has 0 radical (unpaired) electrons. The van der Waals surface area contributed by atoms with Crippen molar-refractivity contribution in [1.82, 2.24) is 0 Å². The summed E-state index contributed by atoms with van der Waals surface area (Å²) in [6.45, 7) is 20.3. The molecule has 2 aliphatic carbocycles. The van der Waals surface area contributed by atoms with Crippen molar-refractivity contribution in [3.8, 4) is 0 Å². The van der Waals surface area contributed by atoms with Gasteiger partial charge in [-0.3, -0.25) is 4.79 Å². The van der Waals surface area contributed by atoms with E-state index in [1.165, 1.54) is 0 Å². The first kappa shape index (κ1) is 26.1. The molecular weight excluding hydrogens is 408 g/mol. The minimum Gasteiger partial charge on any atom is -0.481 e. The van der Waals surface area contributed by atoms with Crippen molar-refractivity contribution >= 4 is 22.6 Å². The standard InChI is InChI=1S/C24H48O4Si2/c1-10-30(11-2,12-3)27-18-16-19-20(24(7,17-18)22(25)26)14-13-15-21(19)28-29(8,9)23(4,5)6/h18-21H,10-17H2,1-9H3,(H,25,26)/t18-,19-,20+,21+,24+/m0/s1. The van der Waals surface area contributed by atoms with E-state index in [1.807, 2.05) is 6.92 Å². The zero-order chi connectivity index (χ0) is 23.0. The van der Waals surface area contributed by atoms with Crippen LogP contribution < -0.4 is 0 Å². The monoisotopic (exact) mass is 456 g/mol. The molecule has 0 bridgehead atoms. The molecule has 2 fully saturated rings. The van der Waals surface area contributed by atoms with E-state index in [-0.39, 0.29) is 23.2 Å². The van der Waals surface area contributed by atoms with E-state index in [2.05, 4.69) is 54.6 Å². The fourth-order valence-electron chi connectivity index (χ4n) is 5.74. The maximum Gasteiger partial charge on any atom is 0.309 e. The number of hydrogen-bond acceptors (Lipinski definition) is 3. The van der Waals surface area contributed by atoms with Crippen molar-refractivity contribution in [3.63, 3.8) is 0 Å². The molecule has 0 aliphatic heterocycles. The Morgan fingerprint density at radius 2 is 1.63 bits per heavy atom. The predicted molar refractivity (Wildman–Crippen MR) is 130 cm³/mol. The van der Waals surface area contributed by atoms with Crippen LogP contribution in [0.15, 0.2) is 0 Å². The number of hydrogen-bond donors (Lipinski definition) is 1. The maximum atomic E-state index is 12.5. The molecule has 4 nitrogen and oxygen atoms in total. The molecule has 0 aromatic heterocycles. The van der Waals surface area contributed by atoms with E-state index in [4.69, 9.17) is 8.85 Å². The Labute approximate surface area is 187 Å². The van der Waals surface area contributed by atoms with Gasteiger partial charge >= 0.3 is 5.97 Å². The van der Waals surface area contributed by atoms with Crippen LogP contribution >= 0.6 is 0 Å². The van der Waals surface area contributed by atoms with Gasteiger partial charge < -0.3 is 14.0 Å². The lowest BCUT2D eigenvalue weighted by molar-refractivity contribution is -0.166. The molecule has 0 spiro atoms. The van der Waals surface area contributed by atoms with Crippen LogP contribution in [0.2, 0.25) is 36.3 Å². The highest BCUT2D eigenvalue weighted by atomic mass is 28.4. The van der Waals surface area contributed by atoms with Crippen molar-refractivity contribution in [2.24, 2.45) is 17.3 Å². The Bertz CT molecular complexity index is 588. The van der Waals surface area contributed by atoms with Crippen molar-refractivity contribution < 1.29 is 18.8 Å². The van der Waals surface area contributed by atoms with Crippen LogP contribution in [-0.2, 0) is 13.6 Å². The van der Waals surface area contributed by atoms with Gasteiger partial charge in [-0.2, -0.15) is 0 Å².